The number of aromatic nitrogens is 3. The Balaban J connectivity index is 1.58. The van der Waals surface area contributed by atoms with E-state index in [9.17, 15) is 13.9 Å². The number of anilines is 2. The molecule has 1 saturated heterocycles. The van der Waals surface area contributed by atoms with E-state index in [1.165, 1.54) is 18.6 Å². The van der Waals surface area contributed by atoms with E-state index in [2.05, 4.69) is 29.9 Å². The number of alkyl halides is 2. The largest absolute Gasteiger partial charge is 0.433 e. The van der Waals surface area contributed by atoms with Crippen LogP contribution in [-0.2, 0) is 6.54 Å². The topological polar surface area (TPSA) is 83.4 Å². The number of ether oxygens (including phenoxy) is 1. The van der Waals surface area contributed by atoms with E-state index in [0.717, 1.165) is 31.7 Å². The van der Waals surface area contributed by atoms with Crippen molar-refractivity contribution in [3.05, 3.63) is 36.4 Å². The van der Waals surface area contributed by atoms with Gasteiger partial charge in [0.1, 0.15) is 23.7 Å². The highest BCUT2D eigenvalue weighted by molar-refractivity contribution is 5.48. The van der Waals surface area contributed by atoms with Gasteiger partial charge < -0.3 is 20.1 Å². The molecule has 7 nitrogen and oxygen atoms in total. The van der Waals surface area contributed by atoms with Crippen LogP contribution in [0.3, 0.4) is 0 Å². The summed E-state index contributed by atoms with van der Waals surface area (Å²) in [6, 6.07) is 4.92. The number of piperidine rings is 1. The van der Waals surface area contributed by atoms with E-state index in [-0.39, 0.29) is 18.3 Å². The lowest BCUT2D eigenvalue weighted by molar-refractivity contribution is -0.0500. The second-order valence-electron chi connectivity index (χ2n) is 6.12. The Kier molecular flexibility index (Phi) is 6.11. The van der Waals surface area contributed by atoms with Gasteiger partial charge in [-0.15, -0.1) is 0 Å². The molecule has 0 aliphatic carbocycles. The maximum Gasteiger partial charge on any atom is 0.387 e. The number of hydrogen-bond donors (Lipinski definition) is 2. The summed E-state index contributed by atoms with van der Waals surface area (Å²) in [5.41, 5.74) is 0.671. The predicted molar refractivity (Wildman–Crippen MR) is 92.3 cm³/mol. The van der Waals surface area contributed by atoms with Crippen LogP contribution in [0, 0.1) is 5.92 Å². The van der Waals surface area contributed by atoms with Gasteiger partial charge in [-0.25, -0.2) is 9.97 Å². The van der Waals surface area contributed by atoms with E-state index in [0.29, 0.717) is 18.1 Å². The number of rotatable bonds is 7. The second-order valence-corrected chi connectivity index (χ2v) is 6.12. The highest BCUT2D eigenvalue weighted by Gasteiger charge is 2.20. The quantitative estimate of drug-likeness (QED) is 0.779. The van der Waals surface area contributed by atoms with Gasteiger partial charge in [-0.05, 0) is 30.9 Å². The first kappa shape index (κ1) is 18.2. The fraction of sp³-hybridized carbons (Fsp3) is 0.471. The summed E-state index contributed by atoms with van der Waals surface area (Å²) in [5.74, 6) is 1.76. The monoisotopic (exact) mass is 365 g/mol. The molecule has 2 N–H and O–H groups in total. The third kappa shape index (κ3) is 4.98. The highest BCUT2D eigenvalue weighted by Crippen LogP contribution is 2.22. The molecule has 1 unspecified atom stereocenters. The van der Waals surface area contributed by atoms with Crippen LogP contribution in [0.1, 0.15) is 18.5 Å². The molecular weight excluding hydrogens is 344 g/mol. The number of halogens is 2. The van der Waals surface area contributed by atoms with Crippen LogP contribution >= 0.6 is 0 Å². The number of aliphatic hydroxyl groups is 1. The smallest absolute Gasteiger partial charge is 0.387 e. The van der Waals surface area contributed by atoms with Crippen molar-refractivity contribution in [2.45, 2.75) is 26.0 Å². The summed E-state index contributed by atoms with van der Waals surface area (Å²) >= 11 is 0. The molecule has 1 atom stereocenters. The SMILES string of the molecule is OCC1CCCN(c2cc(NCc3ccc(OC(F)F)cn3)ncn2)C1. The second kappa shape index (κ2) is 8.70. The minimum atomic E-state index is -2.86. The summed E-state index contributed by atoms with van der Waals surface area (Å²) in [7, 11) is 0. The summed E-state index contributed by atoms with van der Waals surface area (Å²) in [6.45, 7) is -0.602. The average Bonchev–Trinajstić information content (AvgIpc) is 2.67. The molecule has 2 aromatic heterocycles. The van der Waals surface area contributed by atoms with Crippen LogP contribution in [-0.4, -0.2) is 46.4 Å². The normalized spacial score (nSPS) is 17.4. The molecule has 140 valence electrons. The van der Waals surface area contributed by atoms with Crippen LogP contribution in [0.25, 0.3) is 0 Å². The van der Waals surface area contributed by atoms with Crippen molar-refractivity contribution in [3.63, 3.8) is 0 Å². The zero-order valence-electron chi connectivity index (χ0n) is 14.2. The number of nitrogens with one attached hydrogen (secondary N) is 1. The molecule has 1 fully saturated rings. The minimum Gasteiger partial charge on any atom is -0.433 e. The summed E-state index contributed by atoms with van der Waals surface area (Å²) < 4.78 is 28.5. The molecular formula is C17H21F2N5O2. The van der Waals surface area contributed by atoms with Crippen molar-refractivity contribution < 1.29 is 18.6 Å². The maximum absolute atomic E-state index is 12.1. The molecule has 0 radical (unpaired) electrons. The fourth-order valence-electron chi connectivity index (χ4n) is 2.91. The van der Waals surface area contributed by atoms with Gasteiger partial charge in [0, 0.05) is 25.8 Å². The van der Waals surface area contributed by atoms with Crippen LogP contribution in [0.2, 0.25) is 0 Å². The lowest BCUT2D eigenvalue weighted by atomic mass is 9.99. The van der Waals surface area contributed by atoms with Gasteiger partial charge >= 0.3 is 6.61 Å². The van der Waals surface area contributed by atoms with Gasteiger partial charge in [-0.2, -0.15) is 8.78 Å². The van der Waals surface area contributed by atoms with Gasteiger partial charge in [0.05, 0.1) is 18.4 Å². The number of nitrogens with zero attached hydrogens (tertiary/aromatic N) is 4. The summed E-state index contributed by atoms with van der Waals surface area (Å²) in [4.78, 5) is 14.7. The summed E-state index contributed by atoms with van der Waals surface area (Å²) in [6.07, 6.45) is 4.81. The number of hydrogen-bond acceptors (Lipinski definition) is 7. The fourth-order valence-corrected chi connectivity index (χ4v) is 2.91. The Morgan fingerprint density at radius 1 is 1.31 bits per heavy atom. The molecule has 1 aliphatic heterocycles. The Bertz CT molecular complexity index is 702. The minimum absolute atomic E-state index is 0.0246. The van der Waals surface area contributed by atoms with Crippen molar-refractivity contribution in [2.75, 3.05) is 29.9 Å². The highest BCUT2D eigenvalue weighted by atomic mass is 19.3. The number of aliphatic hydroxyl groups excluding tert-OH is 1. The van der Waals surface area contributed by atoms with E-state index >= 15 is 0 Å². The van der Waals surface area contributed by atoms with Crippen molar-refractivity contribution in [1.82, 2.24) is 15.0 Å². The van der Waals surface area contributed by atoms with Gasteiger partial charge in [0.25, 0.3) is 0 Å². The molecule has 0 amide bonds. The van der Waals surface area contributed by atoms with E-state index in [1.54, 1.807) is 6.07 Å². The first-order valence-corrected chi connectivity index (χ1v) is 8.45. The Morgan fingerprint density at radius 3 is 2.92 bits per heavy atom. The Morgan fingerprint density at radius 2 is 2.19 bits per heavy atom. The lowest BCUT2D eigenvalue weighted by Crippen LogP contribution is -2.37. The lowest BCUT2D eigenvalue weighted by Gasteiger charge is -2.32. The molecule has 9 heteroatoms. The number of pyridine rings is 1. The molecule has 3 rings (SSSR count). The molecule has 0 saturated carbocycles. The Hall–Kier alpha value is -2.55. The molecule has 0 bridgehead atoms. The van der Waals surface area contributed by atoms with E-state index in [4.69, 9.17) is 0 Å². The molecule has 0 spiro atoms. The standard InChI is InChI=1S/C17H21F2N5O2/c18-17(19)26-14-4-3-13(20-8-14)7-21-15-6-16(23-11-22-15)24-5-1-2-12(9-24)10-25/h3-4,6,8,11-12,17,25H,1-2,5,7,9-10H2,(H,21,22,23). The van der Waals surface area contributed by atoms with Crippen LogP contribution < -0.4 is 15.0 Å². The van der Waals surface area contributed by atoms with Crippen LogP contribution in [0.4, 0.5) is 20.4 Å². The Labute approximate surface area is 150 Å². The van der Waals surface area contributed by atoms with Gasteiger partial charge in [0.15, 0.2) is 0 Å². The third-order valence-corrected chi connectivity index (χ3v) is 4.23. The summed E-state index contributed by atoms with van der Waals surface area (Å²) in [5, 5.41) is 12.5. The average molecular weight is 365 g/mol. The van der Waals surface area contributed by atoms with Crippen molar-refractivity contribution >= 4 is 11.6 Å². The van der Waals surface area contributed by atoms with Crippen molar-refractivity contribution in [1.29, 1.82) is 0 Å². The van der Waals surface area contributed by atoms with Crippen LogP contribution in [0.15, 0.2) is 30.7 Å². The van der Waals surface area contributed by atoms with Crippen molar-refractivity contribution in [2.24, 2.45) is 5.92 Å². The van der Waals surface area contributed by atoms with Gasteiger partial charge in [0.2, 0.25) is 0 Å². The van der Waals surface area contributed by atoms with E-state index < -0.39 is 6.61 Å². The van der Waals surface area contributed by atoms with Gasteiger partial charge in [-0.1, -0.05) is 0 Å². The molecule has 1 aliphatic rings. The maximum atomic E-state index is 12.1. The van der Waals surface area contributed by atoms with Crippen LogP contribution in [0.5, 0.6) is 5.75 Å². The zero-order valence-corrected chi connectivity index (χ0v) is 14.2. The van der Waals surface area contributed by atoms with E-state index in [1.807, 2.05) is 6.07 Å². The molecule has 26 heavy (non-hydrogen) atoms. The molecule has 2 aromatic rings. The first-order valence-electron chi connectivity index (χ1n) is 8.45. The third-order valence-electron chi connectivity index (χ3n) is 4.23. The predicted octanol–water partition coefficient (Wildman–Crippen LogP) is 2.29. The van der Waals surface area contributed by atoms with Crippen molar-refractivity contribution in [3.8, 4) is 5.75 Å². The zero-order chi connectivity index (χ0) is 18.4. The van der Waals surface area contributed by atoms with Gasteiger partial charge in [-0.3, -0.25) is 4.98 Å². The first-order chi connectivity index (χ1) is 12.6. The molecule has 0 aromatic carbocycles. The molecule has 3 heterocycles.